The summed E-state index contributed by atoms with van der Waals surface area (Å²) in [4.78, 5) is 14.0. The van der Waals surface area contributed by atoms with Crippen LogP contribution in [0.5, 0.6) is 0 Å². The van der Waals surface area contributed by atoms with Gasteiger partial charge in [-0.1, -0.05) is 39.8 Å². The van der Waals surface area contributed by atoms with E-state index < -0.39 is 0 Å². The third-order valence-corrected chi connectivity index (χ3v) is 3.48. The summed E-state index contributed by atoms with van der Waals surface area (Å²) in [5.74, 6) is 5.59. The molecule has 0 bridgehead atoms. The first kappa shape index (κ1) is 13.1. The van der Waals surface area contributed by atoms with Crippen molar-refractivity contribution in [3.63, 3.8) is 0 Å². The molecule has 1 aromatic carbocycles. The Morgan fingerprint density at radius 3 is 2.78 bits per heavy atom. The molecule has 0 aliphatic carbocycles. The molecular formula is C10H10BrN5OS. The number of nitrogens with one attached hydrogen (secondary N) is 2. The molecule has 0 saturated carbocycles. The molecule has 18 heavy (non-hydrogen) atoms. The Morgan fingerprint density at radius 2 is 2.11 bits per heavy atom. The van der Waals surface area contributed by atoms with Gasteiger partial charge in [-0.3, -0.25) is 10.2 Å². The molecule has 1 amide bonds. The number of carbonyl (C=O) groups is 1. The van der Waals surface area contributed by atoms with Gasteiger partial charge in [0.2, 0.25) is 5.91 Å². The van der Waals surface area contributed by atoms with Crippen LogP contribution in [0.15, 0.2) is 33.9 Å². The molecule has 0 aliphatic heterocycles. The van der Waals surface area contributed by atoms with E-state index in [1.54, 1.807) is 0 Å². The van der Waals surface area contributed by atoms with Crippen molar-refractivity contribution in [2.24, 2.45) is 5.84 Å². The summed E-state index contributed by atoms with van der Waals surface area (Å²) in [5, 5.41) is 8.54. The molecule has 0 saturated heterocycles. The van der Waals surface area contributed by atoms with Crippen molar-refractivity contribution >= 4 is 33.6 Å². The molecule has 0 spiro atoms. The topological polar surface area (TPSA) is 96.7 Å². The number of nitrogens with zero attached hydrogens (tertiary/aromatic N) is 2. The molecule has 6 nitrogen and oxygen atoms in total. The number of thioether (sulfide) groups is 1. The number of amides is 1. The second-order valence-corrected chi connectivity index (χ2v) is 5.22. The first-order chi connectivity index (χ1) is 8.69. The van der Waals surface area contributed by atoms with E-state index in [0.717, 1.165) is 10.0 Å². The van der Waals surface area contributed by atoms with Gasteiger partial charge in [0.1, 0.15) is 0 Å². The smallest absolute Gasteiger partial charge is 0.244 e. The minimum absolute atomic E-state index is 0.200. The monoisotopic (exact) mass is 327 g/mol. The number of carbonyl (C=O) groups excluding carboxylic acids is 1. The third-order valence-electron chi connectivity index (χ3n) is 2.08. The second kappa shape index (κ2) is 5.98. The Hall–Kier alpha value is -1.38. The number of hydrazine groups is 1. The third kappa shape index (κ3) is 3.31. The van der Waals surface area contributed by atoms with Gasteiger partial charge in [-0.25, -0.2) is 5.84 Å². The van der Waals surface area contributed by atoms with Crippen molar-refractivity contribution in [3.8, 4) is 11.4 Å². The van der Waals surface area contributed by atoms with E-state index in [4.69, 9.17) is 5.84 Å². The molecule has 1 aromatic heterocycles. The van der Waals surface area contributed by atoms with Gasteiger partial charge < -0.3 is 4.98 Å². The van der Waals surface area contributed by atoms with Crippen molar-refractivity contribution < 1.29 is 4.79 Å². The van der Waals surface area contributed by atoms with Crippen LogP contribution in [-0.4, -0.2) is 26.8 Å². The zero-order valence-electron chi connectivity index (χ0n) is 9.18. The minimum Gasteiger partial charge on any atom is -0.316 e. The molecule has 4 N–H and O–H groups in total. The Labute approximate surface area is 116 Å². The number of aromatic amines is 1. The molecule has 1 heterocycles. The van der Waals surface area contributed by atoms with E-state index in [0.29, 0.717) is 11.0 Å². The molecule has 94 valence electrons. The number of rotatable bonds is 4. The van der Waals surface area contributed by atoms with Gasteiger partial charge in [0.15, 0.2) is 11.0 Å². The minimum atomic E-state index is -0.262. The predicted molar refractivity (Wildman–Crippen MR) is 72.6 cm³/mol. The molecule has 2 rings (SSSR count). The summed E-state index contributed by atoms with van der Waals surface area (Å²) in [6.07, 6.45) is 0. The van der Waals surface area contributed by atoms with Crippen LogP contribution in [0.2, 0.25) is 0 Å². The normalized spacial score (nSPS) is 10.3. The first-order valence-corrected chi connectivity index (χ1v) is 6.78. The Bertz CT molecular complexity index is 541. The lowest BCUT2D eigenvalue weighted by atomic mass is 10.2. The first-order valence-electron chi connectivity index (χ1n) is 5.00. The van der Waals surface area contributed by atoms with E-state index in [1.165, 1.54) is 11.8 Å². The maximum absolute atomic E-state index is 11.0. The summed E-state index contributed by atoms with van der Waals surface area (Å²) in [5.41, 5.74) is 2.98. The van der Waals surface area contributed by atoms with Crippen LogP contribution in [0, 0.1) is 0 Å². The predicted octanol–water partition coefficient (Wildman–Crippen LogP) is 1.32. The fourth-order valence-corrected chi connectivity index (χ4v) is 2.11. The number of nitrogens with two attached hydrogens (primary N) is 1. The van der Waals surface area contributed by atoms with E-state index in [1.807, 2.05) is 24.3 Å². The summed E-state index contributed by atoms with van der Waals surface area (Å²) in [6.45, 7) is 0. The average Bonchev–Trinajstić information content (AvgIpc) is 2.85. The van der Waals surface area contributed by atoms with E-state index in [2.05, 4.69) is 36.5 Å². The summed E-state index contributed by atoms with van der Waals surface area (Å²) < 4.78 is 1.000. The van der Waals surface area contributed by atoms with Crippen molar-refractivity contribution in [2.45, 2.75) is 5.16 Å². The summed E-state index contributed by atoms with van der Waals surface area (Å²) >= 11 is 4.61. The van der Waals surface area contributed by atoms with Gasteiger partial charge in [-0.05, 0) is 12.1 Å². The van der Waals surface area contributed by atoms with Crippen LogP contribution in [0.3, 0.4) is 0 Å². The second-order valence-electron chi connectivity index (χ2n) is 3.34. The highest BCUT2D eigenvalue weighted by molar-refractivity contribution is 9.10. The Morgan fingerprint density at radius 1 is 1.39 bits per heavy atom. The Balaban J connectivity index is 2.06. The molecule has 0 radical (unpaired) electrons. The molecule has 8 heteroatoms. The van der Waals surface area contributed by atoms with Crippen molar-refractivity contribution in [3.05, 3.63) is 28.7 Å². The van der Waals surface area contributed by atoms with Crippen LogP contribution >= 0.6 is 27.7 Å². The molecule has 0 unspecified atom stereocenters. The van der Waals surface area contributed by atoms with Crippen molar-refractivity contribution in [1.29, 1.82) is 0 Å². The van der Waals surface area contributed by atoms with Crippen molar-refractivity contribution in [1.82, 2.24) is 20.6 Å². The van der Waals surface area contributed by atoms with Gasteiger partial charge in [0.25, 0.3) is 0 Å². The lowest BCUT2D eigenvalue weighted by Gasteiger charge is -1.96. The van der Waals surface area contributed by atoms with Crippen LogP contribution < -0.4 is 11.3 Å². The van der Waals surface area contributed by atoms with Crippen molar-refractivity contribution in [2.75, 3.05) is 5.75 Å². The highest BCUT2D eigenvalue weighted by Gasteiger charge is 2.07. The average molecular weight is 328 g/mol. The van der Waals surface area contributed by atoms with E-state index in [-0.39, 0.29) is 11.7 Å². The number of benzene rings is 1. The molecular weight excluding hydrogens is 318 g/mol. The highest BCUT2D eigenvalue weighted by atomic mass is 79.9. The van der Waals surface area contributed by atoms with Gasteiger partial charge >= 0.3 is 0 Å². The largest absolute Gasteiger partial charge is 0.316 e. The molecule has 2 aromatic rings. The lowest BCUT2D eigenvalue weighted by Crippen LogP contribution is -2.31. The number of aromatic nitrogens is 3. The van der Waals surface area contributed by atoms with Crippen LogP contribution in [0.4, 0.5) is 0 Å². The van der Waals surface area contributed by atoms with Crippen LogP contribution in [-0.2, 0) is 4.79 Å². The molecule has 0 atom stereocenters. The van der Waals surface area contributed by atoms with Gasteiger partial charge in [-0.2, -0.15) is 0 Å². The Kier molecular flexibility index (Phi) is 4.34. The van der Waals surface area contributed by atoms with Gasteiger partial charge in [0, 0.05) is 10.0 Å². The number of H-pyrrole nitrogens is 1. The SMILES string of the molecule is NNC(=O)CSc1nnc(-c2ccc(Br)cc2)[nH]1. The van der Waals surface area contributed by atoms with Crippen LogP contribution in [0.25, 0.3) is 11.4 Å². The quantitative estimate of drug-likeness (QED) is 0.340. The molecule has 0 aliphatic rings. The van der Waals surface area contributed by atoms with Gasteiger partial charge in [0.05, 0.1) is 5.75 Å². The van der Waals surface area contributed by atoms with Crippen LogP contribution in [0.1, 0.15) is 0 Å². The number of hydrogen-bond donors (Lipinski definition) is 3. The summed E-state index contributed by atoms with van der Waals surface area (Å²) in [7, 11) is 0. The fourth-order valence-electron chi connectivity index (χ4n) is 1.22. The highest BCUT2D eigenvalue weighted by Crippen LogP contribution is 2.20. The maximum atomic E-state index is 11.0. The zero-order chi connectivity index (χ0) is 13.0. The standard InChI is InChI=1S/C10H10BrN5OS/c11-7-3-1-6(2-4-7)9-13-10(16-15-9)18-5-8(17)14-12/h1-4H,5,12H2,(H,14,17)(H,13,15,16). The maximum Gasteiger partial charge on any atom is 0.244 e. The van der Waals surface area contributed by atoms with Gasteiger partial charge in [-0.15, -0.1) is 10.2 Å². The lowest BCUT2D eigenvalue weighted by molar-refractivity contribution is -0.118. The zero-order valence-corrected chi connectivity index (χ0v) is 11.6. The number of hydrogen-bond acceptors (Lipinski definition) is 5. The molecule has 0 fully saturated rings. The summed E-state index contributed by atoms with van der Waals surface area (Å²) in [6, 6.07) is 7.69. The fraction of sp³-hybridized carbons (Fsp3) is 0.100. The number of halogens is 1. The van der Waals surface area contributed by atoms with E-state index >= 15 is 0 Å². The van der Waals surface area contributed by atoms with E-state index in [9.17, 15) is 4.79 Å².